The van der Waals surface area contributed by atoms with Gasteiger partial charge in [-0.3, -0.25) is 4.79 Å². The summed E-state index contributed by atoms with van der Waals surface area (Å²) in [4.78, 5) is 12.4. The highest BCUT2D eigenvalue weighted by atomic mass is 16.5. The first-order chi connectivity index (χ1) is 11.3. The standard InChI is InChI=1S/C18H21NO5/c1-10-11(9-20)7-15(23-10)17(22)19-13-6-4-5-12-14(21)8-18(2,3)24-16(12)13/h4-7,14,20-21H,8-9H2,1-3H3,(H,19,22). The van der Waals surface area contributed by atoms with E-state index in [4.69, 9.17) is 9.15 Å². The summed E-state index contributed by atoms with van der Waals surface area (Å²) in [6, 6.07) is 6.77. The van der Waals surface area contributed by atoms with Crippen molar-refractivity contribution < 1.29 is 24.2 Å². The summed E-state index contributed by atoms with van der Waals surface area (Å²) < 4.78 is 11.3. The third-order valence-corrected chi connectivity index (χ3v) is 4.13. The number of aryl methyl sites for hydroxylation is 1. The zero-order chi connectivity index (χ0) is 17.5. The van der Waals surface area contributed by atoms with Crippen LogP contribution in [0.15, 0.2) is 28.7 Å². The average molecular weight is 331 g/mol. The van der Waals surface area contributed by atoms with Crippen molar-refractivity contribution in [3.05, 3.63) is 46.9 Å². The minimum absolute atomic E-state index is 0.116. The fourth-order valence-electron chi connectivity index (χ4n) is 2.90. The lowest BCUT2D eigenvalue weighted by molar-refractivity contribution is 0.0121. The van der Waals surface area contributed by atoms with E-state index in [1.54, 1.807) is 25.1 Å². The van der Waals surface area contributed by atoms with E-state index in [2.05, 4.69) is 5.32 Å². The number of carbonyl (C=O) groups excluding carboxylic acids is 1. The maximum atomic E-state index is 12.4. The Kier molecular flexibility index (Phi) is 4.11. The van der Waals surface area contributed by atoms with Crippen molar-refractivity contribution in [3.63, 3.8) is 0 Å². The molecule has 6 heteroatoms. The van der Waals surface area contributed by atoms with Crippen molar-refractivity contribution in [1.29, 1.82) is 0 Å². The molecule has 1 atom stereocenters. The number of fused-ring (bicyclic) bond motifs is 1. The first-order valence-electron chi connectivity index (χ1n) is 7.82. The molecule has 0 bridgehead atoms. The molecule has 1 unspecified atom stereocenters. The lowest BCUT2D eigenvalue weighted by Gasteiger charge is -2.36. The van der Waals surface area contributed by atoms with E-state index in [0.29, 0.717) is 34.7 Å². The summed E-state index contributed by atoms with van der Waals surface area (Å²) in [6.07, 6.45) is -0.165. The van der Waals surface area contributed by atoms with Crippen molar-refractivity contribution in [2.24, 2.45) is 0 Å². The van der Waals surface area contributed by atoms with Gasteiger partial charge in [0, 0.05) is 17.5 Å². The SMILES string of the molecule is Cc1oc(C(=O)Nc2cccc3c2OC(C)(C)CC3O)cc1CO. The van der Waals surface area contributed by atoms with Gasteiger partial charge in [0.25, 0.3) is 5.91 Å². The molecule has 0 radical (unpaired) electrons. The molecule has 1 aliphatic heterocycles. The van der Waals surface area contributed by atoms with Gasteiger partial charge in [-0.15, -0.1) is 0 Å². The lowest BCUT2D eigenvalue weighted by Crippen LogP contribution is -2.35. The monoisotopic (exact) mass is 331 g/mol. The van der Waals surface area contributed by atoms with Gasteiger partial charge in [-0.1, -0.05) is 12.1 Å². The number of anilines is 1. The molecule has 1 aliphatic rings. The second-order valence-electron chi connectivity index (χ2n) is 6.61. The van der Waals surface area contributed by atoms with Gasteiger partial charge in [-0.05, 0) is 32.9 Å². The third kappa shape index (κ3) is 3.02. The Bertz CT molecular complexity index is 778. The van der Waals surface area contributed by atoms with Crippen LogP contribution in [-0.4, -0.2) is 21.7 Å². The minimum Gasteiger partial charge on any atom is -0.485 e. The Labute approximate surface area is 140 Å². The Morgan fingerprint density at radius 2 is 2.17 bits per heavy atom. The molecule has 0 saturated heterocycles. The molecule has 2 aromatic rings. The highest BCUT2D eigenvalue weighted by Gasteiger charge is 2.34. The van der Waals surface area contributed by atoms with Crippen LogP contribution in [0.2, 0.25) is 0 Å². The van der Waals surface area contributed by atoms with Crippen molar-refractivity contribution in [2.45, 2.75) is 45.5 Å². The van der Waals surface area contributed by atoms with E-state index in [9.17, 15) is 15.0 Å². The molecule has 0 fully saturated rings. The van der Waals surface area contributed by atoms with Crippen LogP contribution in [0.5, 0.6) is 5.75 Å². The van der Waals surface area contributed by atoms with E-state index in [1.165, 1.54) is 6.07 Å². The fourth-order valence-corrected chi connectivity index (χ4v) is 2.90. The van der Waals surface area contributed by atoms with Crippen LogP contribution in [-0.2, 0) is 6.61 Å². The number of amides is 1. The zero-order valence-electron chi connectivity index (χ0n) is 13.9. The molecule has 3 rings (SSSR count). The van der Waals surface area contributed by atoms with Crippen molar-refractivity contribution >= 4 is 11.6 Å². The molecular weight excluding hydrogens is 310 g/mol. The number of rotatable bonds is 3. The number of hydrogen-bond donors (Lipinski definition) is 3. The van der Waals surface area contributed by atoms with Crippen molar-refractivity contribution in [2.75, 3.05) is 5.32 Å². The number of furan rings is 1. The fraction of sp³-hybridized carbons (Fsp3) is 0.389. The van der Waals surface area contributed by atoms with Gasteiger partial charge in [-0.2, -0.15) is 0 Å². The summed E-state index contributed by atoms with van der Waals surface area (Å²) in [6.45, 7) is 5.28. The number of hydrogen-bond acceptors (Lipinski definition) is 5. The molecule has 128 valence electrons. The number of carbonyl (C=O) groups is 1. The molecule has 3 N–H and O–H groups in total. The summed E-state index contributed by atoms with van der Waals surface area (Å²) in [5, 5.41) is 22.3. The Morgan fingerprint density at radius 1 is 1.42 bits per heavy atom. The number of ether oxygens (including phenoxy) is 1. The average Bonchev–Trinajstić information content (AvgIpc) is 2.88. The molecule has 24 heavy (non-hydrogen) atoms. The minimum atomic E-state index is -0.646. The van der Waals surface area contributed by atoms with Crippen molar-refractivity contribution in [3.8, 4) is 5.75 Å². The van der Waals surface area contributed by atoms with E-state index < -0.39 is 17.6 Å². The van der Waals surface area contributed by atoms with Gasteiger partial charge in [0.15, 0.2) is 5.76 Å². The zero-order valence-corrected chi connectivity index (χ0v) is 13.9. The van der Waals surface area contributed by atoms with Gasteiger partial charge in [0.05, 0.1) is 18.4 Å². The Balaban J connectivity index is 1.91. The van der Waals surface area contributed by atoms with E-state index >= 15 is 0 Å². The summed E-state index contributed by atoms with van der Waals surface area (Å²) in [7, 11) is 0. The second-order valence-corrected chi connectivity index (χ2v) is 6.61. The van der Waals surface area contributed by atoms with Crippen LogP contribution < -0.4 is 10.1 Å². The van der Waals surface area contributed by atoms with Gasteiger partial charge in [0.2, 0.25) is 0 Å². The maximum absolute atomic E-state index is 12.4. The summed E-state index contributed by atoms with van der Waals surface area (Å²) >= 11 is 0. The molecule has 2 heterocycles. The molecule has 0 saturated carbocycles. The van der Waals surface area contributed by atoms with Crippen LogP contribution in [0.25, 0.3) is 0 Å². The first kappa shape index (κ1) is 16.5. The smallest absolute Gasteiger partial charge is 0.291 e. The topological polar surface area (TPSA) is 91.9 Å². The predicted molar refractivity (Wildman–Crippen MR) is 88.0 cm³/mol. The Morgan fingerprint density at radius 3 is 2.83 bits per heavy atom. The van der Waals surface area contributed by atoms with E-state index in [-0.39, 0.29) is 12.4 Å². The van der Waals surface area contributed by atoms with Gasteiger partial charge < -0.3 is 24.7 Å². The third-order valence-electron chi connectivity index (χ3n) is 4.13. The van der Waals surface area contributed by atoms with Crippen LogP contribution >= 0.6 is 0 Å². The second kappa shape index (κ2) is 5.96. The maximum Gasteiger partial charge on any atom is 0.291 e. The Hall–Kier alpha value is -2.31. The normalized spacial score (nSPS) is 18.6. The quantitative estimate of drug-likeness (QED) is 0.804. The van der Waals surface area contributed by atoms with Crippen molar-refractivity contribution in [1.82, 2.24) is 0 Å². The highest BCUT2D eigenvalue weighted by Crippen LogP contribution is 2.43. The van der Waals surface area contributed by atoms with Crippen LogP contribution in [0.1, 0.15) is 53.8 Å². The van der Waals surface area contributed by atoms with Crippen LogP contribution in [0.4, 0.5) is 5.69 Å². The molecule has 1 amide bonds. The molecule has 1 aromatic heterocycles. The molecular formula is C18H21NO5. The molecule has 0 aliphatic carbocycles. The van der Waals surface area contributed by atoms with Crippen LogP contribution in [0, 0.1) is 6.92 Å². The first-order valence-corrected chi connectivity index (χ1v) is 7.82. The summed E-state index contributed by atoms with van der Waals surface area (Å²) in [5.41, 5.74) is 1.17. The number of aliphatic hydroxyl groups is 2. The van der Waals surface area contributed by atoms with E-state index in [1.807, 2.05) is 13.8 Å². The summed E-state index contributed by atoms with van der Waals surface area (Å²) in [5.74, 6) is 0.656. The van der Waals surface area contributed by atoms with Crippen LogP contribution in [0.3, 0.4) is 0 Å². The van der Waals surface area contributed by atoms with Gasteiger partial charge in [0.1, 0.15) is 17.1 Å². The van der Waals surface area contributed by atoms with E-state index in [0.717, 1.165) is 0 Å². The highest BCUT2D eigenvalue weighted by molar-refractivity contribution is 6.03. The molecule has 0 spiro atoms. The molecule has 6 nitrogen and oxygen atoms in total. The van der Waals surface area contributed by atoms with Gasteiger partial charge in [-0.25, -0.2) is 0 Å². The largest absolute Gasteiger partial charge is 0.485 e. The molecule has 1 aromatic carbocycles. The predicted octanol–water partition coefficient (Wildman–Crippen LogP) is 2.93. The number of para-hydroxylation sites is 1. The number of nitrogens with one attached hydrogen (secondary N) is 1. The number of aliphatic hydroxyl groups excluding tert-OH is 2. The number of benzene rings is 1. The lowest BCUT2D eigenvalue weighted by atomic mass is 9.91. The van der Waals surface area contributed by atoms with Gasteiger partial charge >= 0.3 is 0 Å².